The van der Waals surface area contributed by atoms with Crippen molar-refractivity contribution in [2.24, 2.45) is 5.73 Å². The molecule has 0 spiro atoms. The van der Waals surface area contributed by atoms with E-state index in [0.717, 1.165) is 11.5 Å². The van der Waals surface area contributed by atoms with Gasteiger partial charge in [0.2, 0.25) is 0 Å². The van der Waals surface area contributed by atoms with Crippen LogP contribution in [0.1, 0.15) is 17.7 Å². The van der Waals surface area contributed by atoms with Gasteiger partial charge in [-0.3, -0.25) is 0 Å². The third-order valence-corrected chi connectivity index (χ3v) is 2.14. The van der Waals surface area contributed by atoms with Gasteiger partial charge in [-0.25, -0.2) is 4.98 Å². The number of H-pyrrole nitrogens is 1. The number of rotatable bonds is 3. The number of furan rings is 1. The summed E-state index contributed by atoms with van der Waals surface area (Å²) in [5.74, 6) is 2.00. The molecule has 2 rings (SSSR count). The molecule has 4 N–H and O–H groups in total. The average molecular weight is 207 g/mol. The lowest BCUT2D eigenvalue weighted by atomic mass is 10.3. The second kappa shape index (κ2) is 3.88. The molecule has 2 heterocycles. The van der Waals surface area contributed by atoms with Crippen molar-refractivity contribution in [2.45, 2.75) is 13.0 Å². The van der Waals surface area contributed by atoms with Crippen LogP contribution >= 0.6 is 0 Å². The number of aryl methyl sites for hydroxylation is 1. The van der Waals surface area contributed by atoms with Crippen LogP contribution in [0.15, 0.2) is 22.7 Å². The molecule has 0 amide bonds. The minimum atomic E-state index is -0.755. The summed E-state index contributed by atoms with van der Waals surface area (Å²) >= 11 is 0. The van der Waals surface area contributed by atoms with Gasteiger partial charge in [-0.15, -0.1) is 0 Å². The van der Waals surface area contributed by atoms with Crippen molar-refractivity contribution in [1.29, 1.82) is 0 Å². The van der Waals surface area contributed by atoms with Crippen LogP contribution in [0.2, 0.25) is 0 Å². The van der Waals surface area contributed by atoms with Gasteiger partial charge in [-0.05, 0) is 19.1 Å². The Kier molecular flexibility index (Phi) is 2.57. The molecule has 0 fully saturated rings. The summed E-state index contributed by atoms with van der Waals surface area (Å²) in [6.45, 7) is 2.01. The third kappa shape index (κ3) is 1.93. The predicted molar refractivity (Wildman–Crippen MR) is 55.0 cm³/mol. The van der Waals surface area contributed by atoms with E-state index in [4.69, 9.17) is 10.2 Å². The highest BCUT2D eigenvalue weighted by molar-refractivity contribution is 5.51. The standard InChI is InChI=1S/C10H13N3O2/c1-6-2-3-9(15-6)7-5-12-10(13-7)8(14)4-11/h2-3,5,8,14H,4,11H2,1H3,(H,12,13). The zero-order valence-corrected chi connectivity index (χ0v) is 8.40. The molecule has 0 saturated carbocycles. The van der Waals surface area contributed by atoms with Gasteiger partial charge in [0.05, 0.1) is 6.20 Å². The molecule has 15 heavy (non-hydrogen) atoms. The van der Waals surface area contributed by atoms with E-state index < -0.39 is 6.10 Å². The zero-order chi connectivity index (χ0) is 10.8. The number of hydrogen-bond acceptors (Lipinski definition) is 4. The van der Waals surface area contributed by atoms with Crippen molar-refractivity contribution in [3.63, 3.8) is 0 Å². The minimum absolute atomic E-state index is 0.143. The first-order chi connectivity index (χ1) is 7.20. The Labute approximate surface area is 86.9 Å². The Morgan fingerprint density at radius 1 is 1.60 bits per heavy atom. The lowest BCUT2D eigenvalue weighted by Crippen LogP contribution is -2.12. The molecule has 0 aromatic carbocycles. The number of aliphatic hydroxyl groups is 1. The summed E-state index contributed by atoms with van der Waals surface area (Å²) < 4.78 is 5.41. The first-order valence-corrected chi connectivity index (χ1v) is 4.70. The Balaban J connectivity index is 2.27. The molecule has 1 atom stereocenters. The minimum Gasteiger partial charge on any atom is -0.460 e. The zero-order valence-electron chi connectivity index (χ0n) is 8.40. The average Bonchev–Trinajstić information content (AvgIpc) is 2.84. The summed E-state index contributed by atoms with van der Waals surface area (Å²) in [7, 11) is 0. The number of hydrogen-bond donors (Lipinski definition) is 3. The molecule has 0 saturated heterocycles. The highest BCUT2D eigenvalue weighted by Crippen LogP contribution is 2.21. The van der Waals surface area contributed by atoms with Crippen LogP contribution in [-0.4, -0.2) is 21.6 Å². The molecular weight excluding hydrogens is 194 g/mol. The van der Waals surface area contributed by atoms with Gasteiger partial charge in [-0.1, -0.05) is 0 Å². The molecule has 5 nitrogen and oxygen atoms in total. The highest BCUT2D eigenvalue weighted by Gasteiger charge is 2.11. The lowest BCUT2D eigenvalue weighted by Gasteiger charge is -2.01. The van der Waals surface area contributed by atoms with Gasteiger partial charge in [0.1, 0.15) is 23.4 Å². The fourth-order valence-electron chi connectivity index (χ4n) is 1.32. The molecule has 0 radical (unpaired) electrons. The van der Waals surface area contributed by atoms with Gasteiger partial charge in [0, 0.05) is 6.54 Å². The number of aromatic nitrogens is 2. The van der Waals surface area contributed by atoms with Crippen LogP contribution in [0.5, 0.6) is 0 Å². The Morgan fingerprint density at radius 3 is 3.00 bits per heavy atom. The SMILES string of the molecule is Cc1ccc(-c2cnc(C(O)CN)[nH]2)o1. The molecule has 0 bridgehead atoms. The number of aliphatic hydroxyl groups excluding tert-OH is 1. The third-order valence-electron chi connectivity index (χ3n) is 2.14. The molecule has 2 aromatic rings. The monoisotopic (exact) mass is 207 g/mol. The Hall–Kier alpha value is -1.59. The smallest absolute Gasteiger partial charge is 0.152 e. The van der Waals surface area contributed by atoms with E-state index in [1.165, 1.54) is 0 Å². The van der Waals surface area contributed by atoms with E-state index in [0.29, 0.717) is 11.6 Å². The normalized spacial score (nSPS) is 13.0. The van der Waals surface area contributed by atoms with Crippen LogP contribution in [0, 0.1) is 6.92 Å². The molecule has 80 valence electrons. The largest absolute Gasteiger partial charge is 0.460 e. The number of nitrogens with one attached hydrogen (secondary N) is 1. The van der Waals surface area contributed by atoms with Crippen molar-refractivity contribution >= 4 is 0 Å². The van der Waals surface area contributed by atoms with Crippen LogP contribution in [0.25, 0.3) is 11.5 Å². The molecule has 0 aliphatic rings. The fourth-order valence-corrected chi connectivity index (χ4v) is 1.32. The maximum Gasteiger partial charge on any atom is 0.152 e. The Morgan fingerprint density at radius 2 is 2.40 bits per heavy atom. The van der Waals surface area contributed by atoms with E-state index in [-0.39, 0.29) is 6.54 Å². The Bertz CT molecular complexity index is 447. The first-order valence-electron chi connectivity index (χ1n) is 4.70. The number of aromatic amines is 1. The topological polar surface area (TPSA) is 88.1 Å². The number of imidazole rings is 1. The summed E-state index contributed by atoms with van der Waals surface area (Å²) in [6, 6.07) is 3.72. The van der Waals surface area contributed by atoms with Crippen LogP contribution in [0.3, 0.4) is 0 Å². The maximum atomic E-state index is 9.45. The van der Waals surface area contributed by atoms with Crippen molar-refractivity contribution in [2.75, 3.05) is 6.54 Å². The van der Waals surface area contributed by atoms with Gasteiger partial charge in [0.15, 0.2) is 5.76 Å². The van der Waals surface area contributed by atoms with Crippen LogP contribution < -0.4 is 5.73 Å². The molecular formula is C10H13N3O2. The van der Waals surface area contributed by atoms with Crippen molar-refractivity contribution in [3.05, 3.63) is 29.9 Å². The quantitative estimate of drug-likeness (QED) is 0.699. The summed E-state index contributed by atoms with van der Waals surface area (Å²) in [6.07, 6.45) is 0.863. The van der Waals surface area contributed by atoms with Crippen LogP contribution in [0.4, 0.5) is 0 Å². The van der Waals surface area contributed by atoms with Gasteiger partial charge >= 0.3 is 0 Å². The van der Waals surface area contributed by atoms with Gasteiger partial charge < -0.3 is 20.2 Å². The summed E-state index contributed by atoms with van der Waals surface area (Å²) in [5, 5.41) is 9.45. The van der Waals surface area contributed by atoms with Gasteiger partial charge in [0.25, 0.3) is 0 Å². The van der Waals surface area contributed by atoms with E-state index in [2.05, 4.69) is 9.97 Å². The number of nitrogens with zero attached hydrogens (tertiary/aromatic N) is 1. The highest BCUT2D eigenvalue weighted by atomic mass is 16.3. The van der Waals surface area contributed by atoms with E-state index in [1.807, 2.05) is 19.1 Å². The molecule has 2 aromatic heterocycles. The van der Waals surface area contributed by atoms with E-state index in [9.17, 15) is 5.11 Å². The van der Waals surface area contributed by atoms with E-state index in [1.54, 1.807) is 6.20 Å². The van der Waals surface area contributed by atoms with Crippen LogP contribution in [-0.2, 0) is 0 Å². The predicted octanol–water partition coefficient (Wildman–Crippen LogP) is 0.970. The number of nitrogens with two attached hydrogens (primary N) is 1. The fraction of sp³-hybridized carbons (Fsp3) is 0.300. The van der Waals surface area contributed by atoms with Crippen molar-refractivity contribution < 1.29 is 9.52 Å². The molecule has 5 heteroatoms. The lowest BCUT2D eigenvalue weighted by molar-refractivity contribution is 0.177. The first kappa shape index (κ1) is 9.95. The summed E-state index contributed by atoms with van der Waals surface area (Å²) in [5.41, 5.74) is 6.06. The molecule has 1 unspecified atom stereocenters. The molecule has 0 aliphatic heterocycles. The van der Waals surface area contributed by atoms with Crippen molar-refractivity contribution in [3.8, 4) is 11.5 Å². The second-order valence-corrected chi connectivity index (χ2v) is 3.34. The molecule has 0 aliphatic carbocycles. The van der Waals surface area contributed by atoms with Crippen molar-refractivity contribution in [1.82, 2.24) is 9.97 Å². The van der Waals surface area contributed by atoms with E-state index >= 15 is 0 Å². The summed E-state index contributed by atoms with van der Waals surface area (Å²) in [4.78, 5) is 6.99. The van der Waals surface area contributed by atoms with Gasteiger partial charge in [-0.2, -0.15) is 0 Å². The maximum absolute atomic E-state index is 9.45. The second-order valence-electron chi connectivity index (χ2n) is 3.34.